The summed E-state index contributed by atoms with van der Waals surface area (Å²) in [5.41, 5.74) is 5.89. The third-order valence-electron chi connectivity index (χ3n) is 5.93. The summed E-state index contributed by atoms with van der Waals surface area (Å²) >= 11 is 1.62. The molecule has 178 valence electrons. The van der Waals surface area contributed by atoms with Crippen molar-refractivity contribution >= 4 is 45.0 Å². The van der Waals surface area contributed by atoms with Crippen LogP contribution in [0.5, 0.6) is 0 Å². The molecule has 6 rings (SSSR count). The Hall–Kier alpha value is -4.44. The molecule has 5 heterocycles. The number of carbonyl (C=O) groups excluding carboxylic acids is 1. The van der Waals surface area contributed by atoms with Gasteiger partial charge in [0.15, 0.2) is 11.5 Å². The topological polar surface area (TPSA) is 112 Å². The van der Waals surface area contributed by atoms with E-state index in [1.807, 2.05) is 17.5 Å². The van der Waals surface area contributed by atoms with Gasteiger partial charge < -0.3 is 10.3 Å². The Balaban J connectivity index is 1.44. The Kier molecular flexibility index (Phi) is 5.30. The summed E-state index contributed by atoms with van der Waals surface area (Å²) in [6.45, 7) is 3.61. The van der Waals surface area contributed by atoms with Crippen LogP contribution in [0.3, 0.4) is 0 Å². The molecule has 5 aromatic heterocycles. The van der Waals surface area contributed by atoms with Crippen LogP contribution in [-0.4, -0.2) is 36.0 Å². The first-order valence-electron chi connectivity index (χ1n) is 11.3. The molecule has 6 aromatic rings. The second kappa shape index (κ2) is 8.65. The molecule has 0 radical (unpaired) electrons. The molecule has 8 nitrogen and oxygen atoms in total. The number of pyridine rings is 2. The van der Waals surface area contributed by atoms with Gasteiger partial charge in [-0.3, -0.25) is 14.9 Å². The van der Waals surface area contributed by atoms with Gasteiger partial charge in [-0.15, -0.1) is 0 Å². The van der Waals surface area contributed by atoms with E-state index < -0.39 is 5.82 Å². The summed E-state index contributed by atoms with van der Waals surface area (Å²) in [6, 6.07) is 8.80. The van der Waals surface area contributed by atoms with Gasteiger partial charge in [0.05, 0.1) is 17.4 Å². The molecule has 0 saturated carbocycles. The summed E-state index contributed by atoms with van der Waals surface area (Å²) in [7, 11) is 0. The zero-order valence-corrected chi connectivity index (χ0v) is 20.2. The fourth-order valence-electron chi connectivity index (χ4n) is 4.06. The van der Waals surface area contributed by atoms with E-state index in [0.717, 1.165) is 16.6 Å². The van der Waals surface area contributed by atoms with Crippen LogP contribution in [0.2, 0.25) is 0 Å². The number of aromatic nitrogens is 6. The Morgan fingerprint density at radius 1 is 1.11 bits per heavy atom. The maximum absolute atomic E-state index is 15.1. The third kappa shape index (κ3) is 3.81. The lowest BCUT2D eigenvalue weighted by atomic mass is 10.0. The van der Waals surface area contributed by atoms with E-state index in [0.29, 0.717) is 44.9 Å². The molecule has 0 aliphatic carbocycles. The number of amides is 1. The number of hydrogen-bond donors (Lipinski definition) is 3. The van der Waals surface area contributed by atoms with Gasteiger partial charge in [0.1, 0.15) is 17.0 Å². The monoisotopic (exact) mass is 497 g/mol. The summed E-state index contributed by atoms with van der Waals surface area (Å²) in [6.07, 6.45) is 4.84. The second-order valence-corrected chi connectivity index (χ2v) is 9.49. The lowest BCUT2D eigenvalue weighted by Crippen LogP contribution is -2.17. The lowest BCUT2D eigenvalue weighted by molar-refractivity contribution is -0.118. The minimum atomic E-state index is -0.433. The highest BCUT2D eigenvalue weighted by Crippen LogP contribution is 2.34. The minimum absolute atomic E-state index is 0.137. The summed E-state index contributed by atoms with van der Waals surface area (Å²) in [4.78, 5) is 28.8. The van der Waals surface area contributed by atoms with E-state index in [1.54, 1.807) is 49.7 Å². The van der Waals surface area contributed by atoms with Crippen molar-refractivity contribution in [2.24, 2.45) is 5.92 Å². The van der Waals surface area contributed by atoms with Crippen molar-refractivity contribution in [3.05, 3.63) is 65.5 Å². The van der Waals surface area contributed by atoms with Crippen molar-refractivity contribution < 1.29 is 9.18 Å². The largest absolute Gasteiger partial charge is 0.324 e. The van der Waals surface area contributed by atoms with Crippen molar-refractivity contribution in [3.63, 3.8) is 0 Å². The van der Waals surface area contributed by atoms with Gasteiger partial charge in [0.2, 0.25) is 5.91 Å². The van der Waals surface area contributed by atoms with Crippen molar-refractivity contribution in [3.8, 4) is 33.8 Å². The number of rotatable bonds is 5. The quantitative estimate of drug-likeness (QED) is 0.269. The summed E-state index contributed by atoms with van der Waals surface area (Å²) in [5.74, 6) is -0.228. The molecule has 0 aliphatic rings. The molecule has 1 aromatic carbocycles. The first kappa shape index (κ1) is 22.1. The highest BCUT2D eigenvalue weighted by Gasteiger charge is 2.19. The maximum Gasteiger partial charge on any atom is 0.226 e. The van der Waals surface area contributed by atoms with Gasteiger partial charge in [-0.05, 0) is 40.6 Å². The molecular formula is C26H20FN7OS. The number of anilines is 1. The number of aromatic amines is 2. The predicted octanol–water partition coefficient (Wildman–Crippen LogP) is 6.03. The second-order valence-electron chi connectivity index (χ2n) is 8.71. The Morgan fingerprint density at radius 2 is 2.00 bits per heavy atom. The molecule has 0 aliphatic heterocycles. The number of nitrogens with one attached hydrogen (secondary N) is 3. The molecule has 1 amide bonds. The fraction of sp³-hybridized carbons (Fsp3) is 0.115. The molecule has 0 bridgehead atoms. The van der Waals surface area contributed by atoms with Gasteiger partial charge in [-0.1, -0.05) is 13.8 Å². The first-order chi connectivity index (χ1) is 17.5. The minimum Gasteiger partial charge on any atom is -0.324 e. The number of imidazole rings is 1. The maximum atomic E-state index is 15.1. The average Bonchev–Trinajstić information content (AvgIpc) is 3.62. The van der Waals surface area contributed by atoms with Crippen LogP contribution in [0.15, 0.2) is 59.7 Å². The van der Waals surface area contributed by atoms with E-state index in [-0.39, 0.29) is 11.8 Å². The smallest absolute Gasteiger partial charge is 0.226 e. The Labute approximate surface area is 208 Å². The number of carbonyl (C=O) groups is 1. The SMILES string of the molecule is CC(C)C(=O)Nc1cncc(-c2cc3c(-c4nc5c(-c6ccsc6)ccnc5[nH]4)n[nH]c3cc2F)c1. The van der Waals surface area contributed by atoms with Crippen molar-refractivity contribution in [2.45, 2.75) is 13.8 Å². The lowest BCUT2D eigenvalue weighted by Gasteiger charge is -2.09. The number of H-pyrrole nitrogens is 2. The van der Waals surface area contributed by atoms with Crippen LogP contribution in [0.4, 0.5) is 10.1 Å². The molecule has 36 heavy (non-hydrogen) atoms. The molecule has 10 heteroatoms. The number of thiophene rings is 1. The summed E-state index contributed by atoms with van der Waals surface area (Å²) < 4.78 is 15.1. The van der Waals surface area contributed by atoms with Gasteiger partial charge in [0.25, 0.3) is 0 Å². The normalized spacial score (nSPS) is 11.6. The van der Waals surface area contributed by atoms with Crippen LogP contribution in [0.25, 0.3) is 55.8 Å². The molecule has 0 saturated heterocycles. The molecule has 0 spiro atoms. The van der Waals surface area contributed by atoms with Crippen LogP contribution >= 0.6 is 11.3 Å². The van der Waals surface area contributed by atoms with Crippen molar-refractivity contribution in [1.29, 1.82) is 0 Å². The highest BCUT2D eigenvalue weighted by atomic mass is 32.1. The van der Waals surface area contributed by atoms with Crippen LogP contribution in [0, 0.1) is 11.7 Å². The zero-order valence-electron chi connectivity index (χ0n) is 19.3. The number of halogens is 1. The zero-order chi connectivity index (χ0) is 24.8. The Bertz CT molecular complexity index is 1740. The van der Waals surface area contributed by atoms with E-state index in [4.69, 9.17) is 4.98 Å². The van der Waals surface area contributed by atoms with E-state index >= 15 is 4.39 Å². The molecule has 0 atom stereocenters. The van der Waals surface area contributed by atoms with Gasteiger partial charge in [0, 0.05) is 46.5 Å². The Morgan fingerprint density at radius 3 is 2.81 bits per heavy atom. The van der Waals surface area contributed by atoms with Gasteiger partial charge in [-0.25, -0.2) is 14.4 Å². The van der Waals surface area contributed by atoms with Gasteiger partial charge >= 0.3 is 0 Å². The summed E-state index contributed by atoms with van der Waals surface area (Å²) in [5, 5.41) is 14.9. The van der Waals surface area contributed by atoms with Crippen molar-refractivity contribution in [1.82, 2.24) is 30.1 Å². The number of fused-ring (bicyclic) bond motifs is 2. The third-order valence-corrected chi connectivity index (χ3v) is 6.62. The molecule has 3 N–H and O–H groups in total. The van der Waals surface area contributed by atoms with E-state index in [1.165, 1.54) is 12.3 Å². The number of nitrogens with zero attached hydrogens (tertiary/aromatic N) is 4. The number of hydrogen-bond acceptors (Lipinski definition) is 6. The number of benzene rings is 1. The van der Waals surface area contributed by atoms with Crippen LogP contribution in [-0.2, 0) is 4.79 Å². The standard InChI is InChI=1S/C26H20FN7OS/c1-13(2)26(35)30-16-7-15(10-28-11-16)18-8-19-21(9-20(18)27)33-34-23(19)25-31-22-17(14-4-6-36-12-14)3-5-29-24(22)32-25/h3-13H,1-2H3,(H,30,35)(H,33,34)(H,29,31,32). The predicted molar refractivity (Wildman–Crippen MR) is 139 cm³/mol. The van der Waals surface area contributed by atoms with Crippen molar-refractivity contribution in [2.75, 3.05) is 5.32 Å². The van der Waals surface area contributed by atoms with Gasteiger partial charge in [-0.2, -0.15) is 16.4 Å². The molecule has 0 fully saturated rings. The average molecular weight is 498 g/mol. The highest BCUT2D eigenvalue weighted by molar-refractivity contribution is 7.08. The van der Waals surface area contributed by atoms with E-state index in [9.17, 15) is 4.79 Å². The molecular weight excluding hydrogens is 477 g/mol. The first-order valence-corrected chi connectivity index (χ1v) is 12.2. The van der Waals surface area contributed by atoms with E-state index in [2.05, 4.69) is 35.8 Å². The van der Waals surface area contributed by atoms with Crippen LogP contribution in [0.1, 0.15) is 13.8 Å². The molecule has 0 unspecified atom stereocenters. The fourth-order valence-corrected chi connectivity index (χ4v) is 4.71. The van der Waals surface area contributed by atoms with Crippen LogP contribution < -0.4 is 5.32 Å².